The Kier molecular flexibility index (Phi) is 3.90. The number of pyridine rings is 1. The Balaban J connectivity index is 1.88. The normalized spacial score (nSPS) is 11.2. The summed E-state index contributed by atoms with van der Waals surface area (Å²) in [5, 5.41) is 1.13. The molecule has 4 aromatic rings. The highest BCUT2D eigenvalue weighted by atomic mass is 32.2. The van der Waals surface area contributed by atoms with Crippen LogP contribution in [0, 0.1) is 0 Å². The van der Waals surface area contributed by atoms with Crippen LogP contribution in [-0.2, 0) is 6.54 Å². The second-order valence-electron chi connectivity index (χ2n) is 5.69. The van der Waals surface area contributed by atoms with E-state index >= 15 is 0 Å². The average molecular weight is 334 g/mol. The van der Waals surface area contributed by atoms with Crippen molar-refractivity contribution in [3.63, 3.8) is 0 Å². The van der Waals surface area contributed by atoms with E-state index in [2.05, 4.69) is 58.3 Å². The number of methoxy groups -OCH3 is 1. The van der Waals surface area contributed by atoms with E-state index in [1.54, 1.807) is 18.9 Å². The van der Waals surface area contributed by atoms with E-state index in [0.717, 1.165) is 28.7 Å². The van der Waals surface area contributed by atoms with Crippen LogP contribution in [0.4, 0.5) is 0 Å². The van der Waals surface area contributed by atoms with Crippen LogP contribution in [0.25, 0.3) is 21.9 Å². The number of nitrogens with zero attached hydrogens (tertiary/aromatic N) is 2. The van der Waals surface area contributed by atoms with Gasteiger partial charge in [0.05, 0.1) is 23.7 Å². The quantitative estimate of drug-likeness (QED) is 0.493. The first-order valence-corrected chi connectivity index (χ1v) is 9.06. The zero-order valence-electron chi connectivity index (χ0n) is 13.7. The number of benzene rings is 2. The summed E-state index contributed by atoms with van der Waals surface area (Å²) in [6.07, 6.45) is 3.94. The molecule has 0 unspecified atom stereocenters. The van der Waals surface area contributed by atoms with Crippen molar-refractivity contribution in [3.8, 4) is 5.75 Å². The van der Waals surface area contributed by atoms with E-state index in [1.807, 2.05) is 18.3 Å². The Morgan fingerprint density at radius 1 is 1.04 bits per heavy atom. The summed E-state index contributed by atoms with van der Waals surface area (Å²) in [5.74, 6) is 0.858. The molecule has 3 nitrogen and oxygen atoms in total. The smallest absolute Gasteiger partial charge is 0.119 e. The molecular weight excluding hydrogens is 316 g/mol. The zero-order chi connectivity index (χ0) is 16.5. The van der Waals surface area contributed by atoms with Gasteiger partial charge in [-0.1, -0.05) is 12.1 Å². The van der Waals surface area contributed by atoms with Crippen molar-refractivity contribution in [2.75, 3.05) is 13.4 Å². The lowest BCUT2D eigenvalue weighted by Crippen LogP contribution is -1.99. The molecule has 2 aromatic heterocycles. The molecule has 0 spiro atoms. The number of fused-ring (bicyclic) bond motifs is 3. The summed E-state index contributed by atoms with van der Waals surface area (Å²) < 4.78 is 7.71. The molecule has 0 aliphatic rings. The van der Waals surface area contributed by atoms with E-state index in [1.165, 1.54) is 16.0 Å². The maximum Gasteiger partial charge on any atom is 0.119 e. The van der Waals surface area contributed by atoms with Gasteiger partial charge in [0.25, 0.3) is 0 Å². The molecule has 0 amide bonds. The van der Waals surface area contributed by atoms with E-state index < -0.39 is 0 Å². The summed E-state index contributed by atoms with van der Waals surface area (Å²) in [4.78, 5) is 5.88. The largest absolute Gasteiger partial charge is 0.497 e. The fourth-order valence-electron chi connectivity index (χ4n) is 3.10. The first-order valence-electron chi connectivity index (χ1n) is 7.84. The van der Waals surface area contributed by atoms with Crippen LogP contribution in [0.5, 0.6) is 5.75 Å². The molecule has 24 heavy (non-hydrogen) atoms. The number of rotatable bonds is 4. The second kappa shape index (κ2) is 6.21. The fraction of sp³-hybridized carbons (Fsp3) is 0.150. The summed E-state index contributed by atoms with van der Waals surface area (Å²) in [6, 6.07) is 19.1. The minimum Gasteiger partial charge on any atom is -0.497 e. The molecule has 0 aliphatic carbocycles. The molecule has 0 aliphatic heterocycles. The third kappa shape index (κ3) is 2.53. The maximum atomic E-state index is 5.38. The minimum absolute atomic E-state index is 0.826. The van der Waals surface area contributed by atoms with Crippen LogP contribution in [0.1, 0.15) is 5.56 Å². The molecule has 0 atom stereocenters. The predicted octanol–water partition coefficient (Wildman–Crippen LogP) is 4.97. The molecule has 0 radical (unpaired) electrons. The molecule has 2 heterocycles. The Morgan fingerprint density at radius 2 is 1.88 bits per heavy atom. The monoisotopic (exact) mass is 334 g/mol. The summed E-state index contributed by atoms with van der Waals surface area (Å²) in [5.41, 5.74) is 4.63. The first-order chi connectivity index (χ1) is 11.8. The number of ether oxygens (including phenoxy) is 1. The van der Waals surface area contributed by atoms with Gasteiger partial charge in [0, 0.05) is 23.0 Å². The lowest BCUT2D eigenvalue weighted by Gasteiger charge is -2.08. The third-order valence-electron chi connectivity index (χ3n) is 4.33. The maximum absolute atomic E-state index is 5.38. The van der Waals surface area contributed by atoms with E-state index in [0.29, 0.717) is 0 Å². The molecule has 4 rings (SSSR count). The van der Waals surface area contributed by atoms with Crippen molar-refractivity contribution >= 4 is 33.7 Å². The van der Waals surface area contributed by atoms with Gasteiger partial charge in [-0.15, -0.1) is 11.8 Å². The molecule has 0 fully saturated rings. The highest BCUT2D eigenvalue weighted by molar-refractivity contribution is 7.98. The summed E-state index contributed by atoms with van der Waals surface area (Å²) in [6.45, 7) is 0.826. The fourth-order valence-corrected chi connectivity index (χ4v) is 3.51. The van der Waals surface area contributed by atoms with Crippen LogP contribution in [0.15, 0.2) is 65.7 Å². The predicted molar refractivity (Wildman–Crippen MR) is 101 cm³/mol. The standard InChI is InChI=1S/C20H18N2OS/c1-23-15-7-10-18-17(12-15)20-19(4-3-11-21-20)22(18)13-14-5-8-16(24-2)9-6-14/h3-12H,13H2,1-2H3. The topological polar surface area (TPSA) is 27.1 Å². The highest BCUT2D eigenvalue weighted by Gasteiger charge is 2.12. The number of aromatic nitrogens is 2. The number of hydrogen-bond acceptors (Lipinski definition) is 3. The Bertz CT molecular complexity index is 1010. The molecular formula is C20H18N2OS. The van der Waals surface area contributed by atoms with Gasteiger partial charge in [-0.3, -0.25) is 4.98 Å². The van der Waals surface area contributed by atoms with Crippen LogP contribution in [0.3, 0.4) is 0 Å². The molecule has 0 saturated carbocycles. The van der Waals surface area contributed by atoms with Crippen molar-refractivity contribution in [2.45, 2.75) is 11.4 Å². The summed E-state index contributed by atoms with van der Waals surface area (Å²) in [7, 11) is 1.70. The molecule has 0 N–H and O–H groups in total. The van der Waals surface area contributed by atoms with E-state index in [4.69, 9.17) is 4.74 Å². The van der Waals surface area contributed by atoms with Crippen molar-refractivity contribution in [1.29, 1.82) is 0 Å². The van der Waals surface area contributed by atoms with Gasteiger partial charge < -0.3 is 9.30 Å². The van der Waals surface area contributed by atoms with Crippen LogP contribution in [-0.4, -0.2) is 22.9 Å². The van der Waals surface area contributed by atoms with Gasteiger partial charge in [-0.25, -0.2) is 0 Å². The number of hydrogen-bond donors (Lipinski definition) is 0. The molecule has 0 saturated heterocycles. The molecule has 0 bridgehead atoms. The van der Waals surface area contributed by atoms with Crippen molar-refractivity contribution in [3.05, 3.63) is 66.4 Å². The Hall–Kier alpha value is -2.46. The Morgan fingerprint density at radius 3 is 2.62 bits per heavy atom. The van der Waals surface area contributed by atoms with Crippen LogP contribution < -0.4 is 4.74 Å². The first kappa shape index (κ1) is 15.1. The molecule has 4 heteroatoms. The van der Waals surface area contributed by atoms with Crippen LogP contribution >= 0.6 is 11.8 Å². The lowest BCUT2D eigenvalue weighted by atomic mass is 10.2. The highest BCUT2D eigenvalue weighted by Crippen LogP contribution is 2.31. The second-order valence-corrected chi connectivity index (χ2v) is 6.57. The van der Waals surface area contributed by atoms with Gasteiger partial charge in [-0.05, 0) is 54.3 Å². The van der Waals surface area contributed by atoms with Gasteiger partial charge in [0.15, 0.2) is 0 Å². The average Bonchev–Trinajstić information content (AvgIpc) is 2.96. The third-order valence-corrected chi connectivity index (χ3v) is 5.07. The van der Waals surface area contributed by atoms with Crippen LogP contribution in [0.2, 0.25) is 0 Å². The van der Waals surface area contributed by atoms with Gasteiger partial charge >= 0.3 is 0 Å². The van der Waals surface area contributed by atoms with Crippen molar-refractivity contribution in [1.82, 2.24) is 9.55 Å². The lowest BCUT2D eigenvalue weighted by molar-refractivity contribution is 0.415. The Labute approximate surface area is 145 Å². The summed E-state index contributed by atoms with van der Waals surface area (Å²) >= 11 is 1.76. The van der Waals surface area contributed by atoms with Gasteiger partial charge in [-0.2, -0.15) is 0 Å². The molecule has 2 aromatic carbocycles. The van der Waals surface area contributed by atoms with Crippen molar-refractivity contribution in [2.24, 2.45) is 0 Å². The number of thioether (sulfide) groups is 1. The minimum atomic E-state index is 0.826. The van der Waals surface area contributed by atoms with Gasteiger partial charge in [0.2, 0.25) is 0 Å². The molecule has 120 valence electrons. The van der Waals surface area contributed by atoms with Crippen molar-refractivity contribution < 1.29 is 4.74 Å². The SMILES string of the molecule is COc1ccc2c(c1)c1ncccc1n2Cc1ccc(SC)cc1. The van der Waals surface area contributed by atoms with E-state index in [-0.39, 0.29) is 0 Å². The van der Waals surface area contributed by atoms with E-state index in [9.17, 15) is 0 Å². The van der Waals surface area contributed by atoms with Gasteiger partial charge in [0.1, 0.15) is 5.75 Å². The zero-order valence-corrected chi connectivity index (χ0v) is 14.5.